The third kappa shape index (κ3) is 7.23. The predicted molar refractivity (Wildman–Crippen MR) is 173 cm³/mol. The van der Waals surface area contributed by atoms with Crippen LogP contribution in [-0.2, 0) is 22.5 Å². The molecule has 1 amide bonds. The number of nitrogens with one attached hydrogen (secondary N) is 1. The zero-order valence-electron chi connectivity index (χ0n) is 23.6. The van der Waals surface area contributed by atoms with Crippen LogP contribution >= 0.6 is 27.5 Å². The summed E-state index contributed by atoms with van der Waals surface area (Å²) in [6.45, 7) is 0.680. The van der Waals surface area contributed by atoms with Gasteiger partial charge in [-0.25, -0.2) is 4.99 Å². The number of aliphatic hydroxyl groups is 1. The summed E-state index contributed by atoms with van der Waals surface area (Å²) >= 11 is 9.56. The van der Waals surface area contributed by atoms with Crippen LogP contribution in [0.5, 0.6) is 5.75 Å². The van der Waals surface area contributed by atoms with E-state index in [-0.39, 0.29) is 25.5 Å². The van der Waals surface area contributed by atoms with E-state index >= 15 is 0 Å². The van der Waals surface area contributed by atoms with E-state index in [9.17, 15) is 10.3 Å². The first-order valence-corrected chi connectivity index (χ1v) is 15.1. The van der Waals surface area contributed by atoms with Crippen molar-refractivity contribution in [2.24, 2.45) is 10.1 Å². The van der Waals surface area contributed by atoms with E-state index in [0.717, 1.165) is 15.6 Å². The van der Waals surface area contributed by atoms with Gasteiger partial charge in [0.2, 0.25) is 5.90 Å². The van der Waals surface area contributed by atoms with Gasteiger partial charge in [-0.2, -0.15) is 0 Å². The van der Waals surface area contributed by atoms with Gasteiger partial charge in [-0.15, -0.1) is 0 Å². The third-order valence-corrected chi connectivity index (χ3v) is 7.95. The summed E-state index contributed by atoms with van der Waals surface area (Å²) in [5, 5.41) is 16.6. The highest BCUT2D eigenvalue weighted by atomic mass is 79.9. The number of rotatable bonds is 12. The molecule has 0 unspecified atom stereocenters. The molecule has 0 aliphatic carbocycles. The Morgan fingerprint density at radius 2 is 1.80 bits per heavy atom. The molecule has 1 aliphatic rings. The molecule has 224 valence electrons. The first kappa shape index (κ1) is 31.1. The Balaban J connectivity index is 1.59. The van der Waals surface area contributed by atoms with Crippen molar-refractivity contribution in [2.45, 2.75) is 31.0 Å². The fourth-order valence-electron chi connectivity index (χ4n) is 4.95. The van der Waals surface area contributed by atoms with Crippen LogP contribution in [0.25, 0.3) is 10.4 Å². The quantitative estimate of drug-likeness (QED) is 0.0693. The average molecular weight is 675 g/mol. The lowest BCUT2D eigenvalue weighted by Gasteiger charge is -2.31. The Morgan fingerprint density at radius 3 is 2.50 bits per heavy atom. The molecule has 2 N–H and O–H groups in total. The van der Waals surface area contributed by atoms with Crippen LogP contribution in [-0.4, -0.2) is 35.7 Å². The number of amides is 1. The normalized spacial score (nSPS) is 17.2. The number of hydrogen-bond acceptors (Lipinski definition) is 6. The molecule has 9 nitrogen and oxygen atoms in total. The van der Waals surface area contributed by atoms with E-state index in [4.69, 9.17) is 31.2 Å². The Hall–Kier alpha value is -4.34. The van der Waals surface area contributed by atoms with Gasteiger partial charge in [-0.05, 0) is 70.8 Å². The zero-order valence-corrected chi connectivity index (χ0v) is 25.9. The summed E-state index contributed by atoms with van der Waals surface area (Å²) in [4.78, 5) is 22.5. The van der Waals surface area contributed by atoms with Crippen molar-refractivity contribution in [3.05, 3.63) is 139 Å². The van der Waals surface area contributed by atoms with E-state index in [1.54, 1.807) is 36.4 Å². The fraction of sp³-hybridized carbons (Fsp3) is 0.212. The van der Waals surface area contributed by atoms with E-state index in [0.29, 0.717) is 46.5 Å². The lowest BCUT2D eigenvalue weighted by atomic mass is 9.81. The third-order valence-electron chi connectivity index (χ3n) is 7.17. The summed E-state index contributed by atoms with van der Waals surface area (Å²) in [7, 11) is 0. The van der Waals surface area contributed by atoms with Crippen molar-refractivity contribution in [3.8, 4) is 5.75 Å². The lowest BCUT2D eigenvalue weighted by molar-refractivity contribution is -0.129. The maximum Gasteiger partial charge on any atom is 0.252 e. The Bertz CT molecular complexity index is 1680. The lowest BCUT2D eigenvalue weighted by Crippen LogP contribution is -2.49. The number of azide groups is 1. The minimum absolute atomic E-state index is 0.0468. The van der Waals surface area contributed by atoms with E-state index in [1.165, 1.54) is 0 Å². The number of carbonyl (C=O) groups is 1. The Kier molecular flexibility index (Phi) is 10.2. The highest BCUT2D eigenvalue weighted by Crippen LogP contribution is 2.44. The number of aliphatic imine (C=N–C) groups is 1. The van der Waals surface area contributed by atoms with Crippen LogP contribution in [0.15, 0.2) is 112 Å². The molecule has 0 saturated heterocycles. The highest BCUT2D eigenvalue weighted by molar-refractivity contribution is 9.10. The van der Waals surface area contributed by atoms with Gasteiger partial charge in [-0.1, -0.05) is 81.2 Å². The molecule has 5 rings (SSSR count). The SMILES string of the molecule is [N-]=[N+]=Nc1ccccc1C[C@@]1(C(=O)NCc2ccc(Cl)cc2)N=C(c2ccc(OCCCO)cc2)O[C@@H]1c1ccc(Br)cc1. The van der Waals surface area contributed by atoms with Crippen molar-refractivity contribution >= 4 is 45.0 Å². The summed E-state index contributed by atoms with van der Waals surface area (Å²) < 4.78 is 13.1. The maximum atomic E-state index is 14.4. The van der Waals surface area contributed by atoms with Crippen molar-refractivity contribution in [3.63, 3.8) is 0 Å². The van der Waals surface area contributed by atoms with Crippen LogP contribution in [0.3, 0.4) is 0 Å². The predicted octanol–water partition coefficient (Wildman–Crippen LogP) is 7.62. The Labute approximate surface area is 268 Å². The van der Waals surface area contributed by atoms with Crippen LogP contribution in [0.4, 0.5) is 5.69 Å². The molecule has 0 radical (unpaired) electrons. The van der Waals surface area contributed by atoms with Gasteiger partial charge in [0.15, 0.2) is 11.6 Å². The average Bonchev–Trinajstić information content (AvgIpc) is 3.43. The molecule has 0 aromatic heterocycles. The number of ether oxygens (including phenoxy) is 2. The van der Waals surface area contributed by atoms with Gasteiger partial charge < -0.3 is 19.9 Å². The minimum atomic E-state index is -1.47. The number of carbonyl (C=O) groups excluding carboxylic acids is 1. The molecule has 0 fully saturated rings. The molecule has 0 spiro atoms. The van der Waals surface area contributed by atoms with Gasteiger partial charge in [0.25, 0.3) is 5.91 Å². The number of benzene rings is 4. The van der Waals surface area contributed by atoms with Crippen LogP contribution in [0.1, 0.15) is 34.8 Å². The molecule has 1 heterocycles. The van der Waals surface area contributed by atoms with Gasteiger partial charge in [0, 0.05) is 51.7 Å². The molecular weight excluding hydrogens is 646 g/mol. The number of aliphatic hydroxyl groups excluding tert-OH is 1. The molecule has 11 heteroatoms. The first-order chi connectivity index (χ1) is 21.4. The standard InChI is InChI=1S/C33H29BrClN5O4/c34-26-12-8-23(9-13-26)30-33(20-25-4-1-2-5-29(25)39-40-36,32(42)37-21-22-6-14-27(35)15-7-22)38-31(44-30)24-10-16-28(17-11-24)43-19-3-18-41/h1-2,4-17,30,41H,3,18-21H2,(H,37,42)/t30-,33-/m1/s1. The summed E-state index contributed by atoms with van der Waals surface area (Å²) in [5.74, 6) is 0.582. The smallest absolute Gasteiger partial charge is 0.252 e. The van der Waals surface area contributed by atoms with Gasteiger partial charge in [-0.3, -0.25) is 4.79 Å². The molecular formula is C33H29BrClN5O4. The van der Waals surface area contributed by atoms with E-state index in [1.807, 2.05) is 60.7 Å². The largest absolute Gasteiger partial charge is 0.494 e. The van der Waals surface area contributed by atoms with E-state index < -0.39 is 11.6 Å². The summed E-state index contributed by atoms with van der Waals surface area (Å²) in [6, 6.07) is 29.2. The molecule has 1 aliphatic heterocycles. The van der Waals surface area contributed by atoms with Crippen molar-refractivity contribution in [2.75, 3.05) is 13.2 Å². The second-order valence-electron chi connectivity index (χ2n) is 10.1. The second-order valence-corrected chi connectivity index (χ2v) is 11.5. The Morgan fingerprint density at radius 1 is 1.07 bits per heavy atom. The molecule has 4 aromatic rings. The second kappa shape index (κ2) is 14.4. The topological polar surface area (TPSA) is 129 Å². The van der Waals surface area contributed by atoms with Crippen LogP contribution < -0.4 is 10.1 Å². The first-order valence-electron chi connectivity index (χ1n) is 13.9. The van der Waals surface area contributed by atoms with Crippen molar-refractivity contribution in [1.29, 1.82) is 0 Å². The maximum absolute atomic E-state index is 14.4. The molecule has 4 aromatic carbocycles. The van der Waals surface area contributed by atoms with Crippen molar-refractivity contribution in [1.82, 2.24) is 5.32 Å². The highest BCUT2D eigenvalue weighted by Gasteiger charge is 2.53. The molecule has 44 heavy (non-hydrogen) atoms. The monoisotopic (exact) mass is 673 g/mol. The minimum Gasteiger partial charge on any atom is -0.494 e. The van der Waals surface area contributed by atoms with Gasteiger partial charge >= 0.3 is 0 Å². The molecule has 0 bridgehead atoms. The van der Waals surface area contributed by atoms with Crippen LogP contribution in [0.2, 0.25) is 5.02 Å². The molecule has 2 atom stereocenters. The summed E-state index contributed by atoms with van der Waals surface area (Å²) in [5.41, 5.74) is 11.1. The molecule has 0 saturated carbocycles. The summed E-state index contributed by atoms with van der Waals surface area (Å²) in [6.07, 6.45) is -0.186. The van der Waals surface area contributed by atoms with Crippen molar-refractivity contribution < 1.29 is 19.4 Å². The van der Waals surface area contributed by atoms with Gasteiger partial charge in [0.1, 0.15) is 5.75 Å². The van der Waals surface area contributed by atoms with Crippen LogP contribution in [0, 0.1) is 0 Å². The fourth-order valence-corrected chi connectivity index (χ4v) is 5.34. The zero-order chi connectivity index (χ0) is 30.9. The number of hydrogen-bond donors (Lipinski definition) is 2. The number of halogens is 2. The van der Waals surface area contributed by atoms with Gasteiger partial charge in [0.05, 0.1) is 6.61 Å². The van der Waals surface area contributed by atoms with E-state index in [2.05, 4.69) is 31.3 Å². The number of nitrogens with zero attached hydrogens (tertiary/aromatic N) is 4.